The molecule has 2 atom stereocenters. The average Bonchev–Trinajstić information content (AvgIpc) is 2.57. The number of amides is 1. The standard InChI is InChI=1S/C16H18N2O9/c1-8(14(27-10(3)20)7-26-9(2)19)17-15(21)11-4-12(16(22)23)6-13(5-11)18(24)25/h4-6,8,14H,7H2,1-3H3,(H,17,21)(H,22,23). The number of rotatable bonds is 8. The fourth-order valence-corrected chi connectivity index (χ4v) is 2.05. The predicted octanol–water partition coefficient (Wildman–Crippen LogP) is 0.906. The first-order chi connectivity index (χ1) is 12.5. The maximum Gasteiger partial charge on any atom is 0.335 e. The van der Waals surface area contributed by atoms with Gasteiger partial charge >= 0.3 is 17.9 Å². The maximum absolute atomic E-state index is 12.4. The van der Waals surface area contributed by atoms with E-state index in [1.165, 1.54) is 6.92 Å². The highest BCUT2D eigenvalue weighted by Gasteiger charge is 2.25. The van der Waals surface area contributed by atoms with E-state index in [2.05, 4.69) is 5.32 Å². The van der Waals surface area contributed by atoms with Gasteiger partial charge in [-0.25, -0.2) is 4.79 Å². The Morgan fingerprint density at radius 2 is 1.74 bits per heavy atom. The number of hydrogen-bond donors (Lipinski definition) is 2. The second-order valence-electron chi connectivity index (χ2n) is 5.54. The van der Waals surface area contributed by atoms with E-state index >= 15 is 0 Å². The van der Waals surface area contributed by atoms with Crippen LogP contribution in [0.15, 0.2) is 18.2 Å². The molecule has 1 aromatic carbocycles. The molecule has 0 aliphatic carbocycles. The Balaban J connectivity index is 3.03. The van der Waals surface area contributed by atoms with Crippen molar-refractivity contribution >= 4 is 29.5 Å². The summed E-state index contributed by atoms with van der Waals surface area (Å²) in [6, 6.07) is 1.88. The lowest BCUT2D eigenvalue weighted by Gasteiger charge is -2.24. The van der Waals surface area contributed by atoms with Crippen LogP contribution < -0.4 is 5.32 Å². The second-order valence-corrected chi connectivity index (χ2v) is 5.54. The van der Waals surface area contributed by atoms with Crippen LogP contribution >= 0.6 is 0 Å². The topological polar surface area (TPSA) is 162 Å². The molecule has 0 saturated heterocycles. The minimum absolute atomic E-state index is 0.262. The smallest absolute Gasteiger partial charge is 0.335 e. The number of esters is 2. The number of aromatic carboxylic acids is 1. The summed E-state index contributed by atoms with van der Waals surface area (Å²) in [5, 5.41) is 22.4. The van der Waals surface area contributed by atoms with Crippen molar-refractivity contribution < 1.29 is 38.7 Å². The minimum atomic E-state index is -1.44. The first kappa shape index (κ1) is 21.5. The van der Waals surface area contributed by atoms with Crippen LogP contribution in [0.2, 0.25) is 0 Å². The van der Waals surface area contributed by atoms with Crippen LogP contribution in [0, 0.1) is 10.1 Å². The highest BCUT2D eigenvalue weighted by atomic mass is 16.6. The van der Waals surface area contributed by atoms with Crippen LogP contribution in [-0.2, 0) is 19.1 Å². The Morgan fingerprint density at radius 3 is 2.22 bits per heavy atom. The van der Waals surface area contributed by atoms with E-state index in [4.69, 9.17) is 14.6 Å². The van der Waals surface area contributed by atoms with Crippen molar-refractivity contribution in [3.63, 3.8) is 0 Å². The van der Waals surface area contributed by atoms with Crippen molar-refractivity contribution in [2.24, 2.45) is 0 Å². The van der Waals surface area contributed by atoms with E-state index in [0.717, 1.165) is 32.0 Å². The van der Waals surface area contributed by atoms with Crippen molar-refractivity contribution in [1.82, 2.24) is 5.32 Å². The molecule has 0 saturated carbocycles. The van der Waals surface area contributed by atoms with Crippen molar-refractivity contribution in [3.05, 3.63) is 39.4 Å². The number of carbonyl (C=O) groups is 4. The van der Waals surface area contributed by atoms with Gasteiger partial charge in [-0.15, -0.1) is 0 Å². The van der Waals surface area contributed by atoms with E-state index in [9.17, 15) is 29.3 Å². The van der Waals surface area contributed by atoms with E-state index in [0.29, 0.717) is 0 Å². The van der Waals surface area contributed by atoms with Gasteiger partial charge in [-0.3, -0.25) is 24.5 Å². The fourth-order valence-electron chi connectivity index (χ4n) is 2.05. The van der Waals surface area contributed by atoms with Crippen molar-refractivity contribution in [2.45, 2.75) is 32.9 Å². The quantitative estimate of drug-likeness (QED) is 0.378. The molecule has 0 spiro atoms. The summed E-state index contributed by atoms with van der Waals surface area (Å²) in [7, 11) is 0. The lowest BCUT2D eigenvalue weighted by molar-refractivity contribution is -0.384. The molecule has 11 nitrogen and oxygen atoms in total. The molecule has 0 heterocycles. The summed E-state index contributed by atoms with van der Waals surface area (Å²) in [5.74, 6) is -3.55. The van der Waals surface area contributed by atoms with Crippen LogP contribution in [0.5, 0.6) is 0 Å². The van der Waals surface area contributed by atoms with Gasteiger partial charge in [-0.2, -0.15) is 0 Å². The van der Waals surface area contributed by atoms with Gasteiger partial charge in [0.2, 0.25) is 0 Å². The van der Waals surface area contributed by atoms with Crippen LogP contribution in [-0.4, -0.2) is 52.6 Å². The first-order valence-corrected chi connectivity index (χ1v) is 7.65. The molecule has 2 unspecified atom stereocenters. The molecule has 1 amide bonds. The van der Waals surface area contributed by atoms with Gasteiger partial charge in [-0.05, 0) is 13.0 Å². The zero-order valence-corrected chi connectivity index (χ0v) is 14.8. The van der Waals surface area contributed by atoms with Gasteiger partial charge in [-0.1, -0.05) is 0 Å². The predicted molar refractivity (Wildman–Crippen MR) is 89.2 cm³/mol. The number of ether oxygens (including phenoxy) is 2. The third-order valence-corrected chi connectivity index (χ3v) is 3.32. The van der Waals surface area contributed by atoms with Crippen LogP contribution in [0.4, 0.5) is 5.69 Å². The number of carboxylic acids is 1. The third-order valence-electron chi connectivity index (χ3n) is 3.32. The number of nitro groups is 1. The Bertz CT molecular complexity index is 743. The van der Waals surface area contributed by atoms with Gasteiger partial charge in [0.15, 0.2) is 6.10 Å². The average molecular weight is 382 g/mol. The van der Waals surface area contributed by atoms with Gasteiger partial charge in [0.25, 0.3) is 11.6 Å². The number of nitro benzene ring substituents is 1. The summed E-state index contributed by atoms with van der Waals surface area (Å²) < 4.78 is 9.77. The molecular weight excluding hydrogens is 364 g/mol. The Kier molecular flexibility index (Phi) is 7.39. The van der Waals surface area contributed by atoms with Gasteiger partial charge in [0, 0.05) is 31.5 Å². The zero-order chi connectivity index (χ0) is 20.7. The van der Waals surface area contributed by atoms with E-state index in [1.807, 2.05) is 0 Å². The summed E-state index contributed by atoms with van der Waals surface area (Å²) >= 11 is 0. The Labute approximate surface area is 153 Å². The molecule has 1 rings (SSSR count). The van der Waals surface area contributed by atoms with Gasteiger partial charge in [0.1, 0.15) is 6.61 Å². The monoisotopic (exact) mass is 382 g/mol. The highest BCUT2D eigenvalue weighted by Crippen LogP contribution is 2.18. The SMILES string of the molecule is CC(=O)OCC(OC(C)=O)C(C)NC(=O)c1cc(C(=O)O)cc([N+](=O)[O-])c1. The van der Waals surface area contributed by atoms with Crippen LogP contribution in [0.3, 0.4) is 0 Å². The van der Waals surface area contributed by atoms with Crippen LogP contribution in [0.1, 0.15) is 41.5 Å². The molecule has 1 aromatic rings. The van der Waals surface area contributed by atoms with E-state index in [1.54, 1.807) is 0 Å². The number of carboxylic acid groups (broad SMARTS) is 1. The normalized spacial score (nSPS) is 12.4. The first-order valence-electron chi connectivity index (χ1n) is 7.65. The molecule has 2 N–H and O–H groups in total. The van der Waals surface area contributed by atoms with Gasteiger partial charge < -0.3 is 19.9 Å². The summed E-state index contributed by atoms with van der Waals surface area (Å²) in [4.78, 5) is 55.7. The lowest BCUT2D eigenvalue weighted by atomic mass is 10.1. The van der Waals surface area contributed by atoms with E-state index < -0.39 is 52.1 Å². The Morgan fingerprint density at radius 1 is 1.15 bits per heavy atom. The number of non-ortho nitro benzene ring substituents is 1. The second kappa shape index (κ2) is 9.27. The number of carbonyl (C=O) groups excluding carboxylic acids is 3. The molecule has 0 aliphatic heterocycles. The maximum atomic E-state index is 12.4. The molecule has 0 aromatic heterocycles. The molecule has 146 valence electrons. The highest BCUT2D eigenvalue weighted by molar-refractivity contribution is 5.98. The summed E-state index contributed by atoms with van der Waals surface area (Å²) in [6.07, 6.45) is -1.01. The van der Waals surface area contributed by atoms with Crippen LogP contribution in [0.25, 0.3) is 0 Å². The summed E-state index contributed by atoms with van der Waals surface area (Å²) in [6.45, 7) is 3.44. The fraction of sp³-hybridized carbons (Fsp3) is 0.375. The number of nitrogens with one attached hydrogen (secondary N) is 1. The number of nitrogens with zero attached hydrogens (tertiary/aromatic N) is 1. The molecule has 0 fully saturated rings. The third kappa shape index (κ3) is 6.72. The van der Waals surface area contributed by atoms with E-state index in [-0.39, 0.29) is 12.2 Å². The zero-order valence-electron chi connectivity index (χ0n) is 14.8. The molecule has 11 heteroatoms. The minimum Gasteiger partial charge on any atom is -0.478 e. The van der Waals surface area contributed by atoms with Crippen molar-refractivity contribution in [1.29, 1.82) is 0 Å². The van der Waals surface area contributed by atoms with Gasteiger partial charge in [0.05, 0.1) is 16.5 Å². The number of hydrogen-bond acceptors (Lipinski definition) is 8. The summed E-state index contributed by atoms with van der Waals surface area (Å²) in [5.41, 5.74) is -1.26. The Hall–Kier alpha value is -3.50. The largest absolute Gasteiger partial charge is 0.478 e. The lowest BCUT2D eigenvalue weighted by Crippen LogP contribution is -2.45. The number of benzene rings is 1. The van der Waals surface area contributed by atoms with Crippen molar-refractivity contribution in [3.8, 4) is 0 Å². The molecular formula is C16H18N2O9. The van der Waals surface area contributed by atoms with Crippen molar-refractivity contribution in [2.75, 3.05) is 6.61 Å². The molecule has 0 aliphatic rings. The molecule has 27 heavy (non-hydrogen) atoms. The molecule has 0 bridgehead atoms. The molecule has 0 radical (unpaired) electrons.